The van der Waals surface area contributed by atoms with Crippen LogP contribution in [0.2, 0.25) is 0 Å². The zero-order valence-corrected chi connectivity index (χ0v) is 7.69. The van der Waals surface area contributed by atoms with Gasteiger partial charge in [0.1, 0.15) is 0 Å². The van der Waals surface area contributed by atoms with E-state index >= 15 is 0 Å². The van der Waals surface area contributed by atoms with E-state index in [0.29, 0.717) is 12.8 Å². The second-order valence-electron chi connectivity index (χ2n) is 3.58. The van der Waals surface area contributed by atoms with E-state index in [1.54, 1.807) is 6.92 Å². The zero-order chi connectivity index (χ0) is 9.90. The van der Waals surface area contributed by atoms with Crippen molar-refractivity contribution in [2.45, 2.75) is 50.6 Å². The number of nitrogens with one attached hydrogen (secondary N) is 1. The molecule has 1 N–H and O–H groups in total. The molecule has 2 atom stereocenters. The molecule has 2 unspecified atom stereocenters. The molecule has 1 rings (SSSR count). The molecule has 0 aromatic heterocycles. The summed E-state index contributed by atoms with van der Waals surface area (Å²) in [6, 6.07) is 0.605. The fourth-order valence-corrected chi connectivity index (χ4v) is 1.64. The second-order valence-corrected chi connectivity index (χ2v) is 3.58. The minimum atomic E-state index is -2.64. The smallest absolute Gasteiger partial charge is 0.263 e. The molecule has 0 amide bonds. The molecule has 1 saturated carbocycles. The lowest BCUT2D eigenvalue weighted by atomic mass is 9.91. The summed E-state index contributed by atoms with van der Waals surface area (Å²) in [5.41, 5.74) is 0. The fourth-order valence-electron chi connectivity index (χ4n) is 1.64. The van der Waals surface area contributed by atoms with Gasteiger partial charge in [0.15, 0.2) is 0 Å². The van der Waals surface area contributed by atoms with Crippen LogP contribution in [-0.4, -0.2) is 18.0 Å². The number of hydrogen-bond acceptors (Lipinski definition) is 2. The number of halogens is 2. The topological polar surface area (TPSA) is 35.8 Å². The minimum absolute atomic E-state index is 0.0528. The Morgan fingerprint density at radius 2 is 2.23 bits per heavy atom. The zero-order valence-electron chi connectivity index (χ0n) is 7.69. The van der Waals surface area contributed by atoms with Gasteiger partial charge in [-0.3, -0.25) is 5.32 Å². The maximum absolute atomic E-state index is 13.2. The van der Waals surface area contributed by atoms with Crippen LogP contribution in [0.1, 0.15) is 32.6 Å². The lowest BCUT2D eigenvalue weighted by Crippen LogP contribution is -2.49. The molecule has 0 aromatic carbocycles. The van der Waals surface area contributed by atoms with Crippen molar-refractivity contribution in [3.8, 4) is 6.07 Å². The average Bonchev–Trinajstić information content (AvgIpc) is 2.08. The molecular formula is C9H14F2N2. The number of nitriles is 1. The van der Waals surface area contributed by atoms with E-state index in [4.69, 9.17) is 5.26 Å². The lowest BCUT2D eigenvalue weighted by molar-refractivity contribution is -0.0647. The van der Waals surface area contributed by atoms with Gasteiger partial charge in [-0.1, -0.05) is 6.42 Å². The maximum Gasteiger partial charge on any atom is 0.263 e. The highest BCUT2D eigenvalue weighted by Gasteiger charge is 2.41. The molecule has 13 heavy (non-hydrogen) atoms. The molecule has 0 saturated heterocycles. The van der Waals surface area contributed by atoms with Crippen LogP contribution in [0, 0.1) is 11.3 Å². The summed E-state index contributed by atoms with van der Waals surface area (Å²) < 4.78 is 26.4. The van der Waals surface area contributed by atoms with Gasteiger partial charge in [0.05, 0.1) is 18.2 Å². The van der Waals surface area contributed by atoms with Gasteiger partial charge in [-0.25, -0.2) is 8.78 Å². The maximum atomic E-state index is 13.2. The van der Waals surface area contributed by atoms with E-state index < -0.39 is 18.0 Å². The van der Waals surface area contributed by atoms with E-state index in [1.807, 2.05) is 6.07 Å². The van der Waals surface area contributed by atoms with Crippen molar-refractivity contribution >= 4 is 0 Å². The molecule has 0 heterocycles. The van der Waals surface area contributed by atoms with E-state index in [-0.39, 0.29) is 6.42 Å². The van der Waals surface area contributed by atoms with Gasteiger partial charge in [-0.15, -0.1) is 0 Å². The summed E-state index contributed by atoms with van der Waals surface area (Å²) in [7, 11) is 0. The number of hydrogen-bond donors (Lipinski definition) is 1. The van der Waals surface area contributed by atoms with Crippen molar-refractivity contribution in [1.82, 2.24) is 5.32 Å². The average molecular weight is 188 g/mol. The standard InChI is InChI=1S/C9H14F2N2/c1-7(6-12)13-8-4-2-3-5-9(8,10)11/h7-8,13H,2-5H2,1H3. The Balaban J connectivity index is 2.52. The van der Waals surface area contributed by atoms with Crippen LogP contribution in [0.4, 0.5) is 8.78 Å². The van der Waals surface area contributed by atoms with Gasteiger partial charge in [0.25, 0.3) is 5.92 Å². The minimum Gasteiger partial charge on any atom is -0.294 e. The first-order chi connectivity index (χ1) is 6.06. The third kappa shape index (κ3) is 2.63. The fraction of sp³-hybridized carbons (Fsp3) is 0.889. The summed E-state index contributed by atoms with van der Waals surface area (Å²) >= 11 is 0. The van der Waals surface area contributed by atoms with Crippen LogP contribution in [0.5, 0.6) is 0 Å². The molecular weight excluding hydrogens is 174 g/mol. The summed E-state index contributed by atoms with van der Waals surface area (Å²) in [6.07, 6.45) is 1.83. The predicted molar refractivity (Wildman–Crippen MR) is 45.4 cm³/mol. The van der Waals surface area contributed by atoms with E-state index in [2.05, 4.69) is 5.32 Å². The van der Waals surface area contributed by atoms with Crippen LogP contribution in [0.3, 0.4) is 0 Å². The Bertz CT molecular complexity index is 210. The van der Waals surface area contributed by atoms with Gasteiger partial charge >= 0.3 is 0 Å². The predicted octanol–water partition coefficient (Wildman–Crippen LogP) is 2.07. The number of alkyl halides is 2. The third-order valence-corrected chi connectivity index (χ3v) is 2.41. The van der Waals surface area contributed by atoms with Crippen LogP contribution in [0.25, 0.3) is 0 Å². The molecule has 1 aliphatic rings. The summed E-state index contributed by atoms with van der Waals surface area (Å²) in [4.78, 5) is 0. The summed E-state index contributed by atoms with van der Waals surface area (Å²) in [5.74, 6) is -2.64. The van der Waals surface area contributed by atoms with Gasteiger partial charge < -0.3 is 0 Å². The van der Waals surface area contributed by atoms with Crippen molar-refractivity contribution in [3.05, 3.63) is 0 Å². The monoisotopic (exact) mass is 188 g/mol. The van der Waals surface area contributed by atoms with E-state index in [9.17, 15) is 8.78 Å². The lowest BCUT2D eigenvalue weighted by Gasteiger charge is -2.32. The Hall–Kier alpha value is -0.690. The van der Waals surface area contributed by atoms with E-state index in [0.717, 1.165) is 6.42 Å². The van der Waals surface area contributed by atoms with Crippen LogP contribution < -0.4 is 5.32 Å². The highest BCUT2D eigenvalue weighted by Crippen LogP contribution is 2.33. The molecule has 1 fully saturated rings. The molecule has 0 spiro atoms. The quantitative estimate of drug-likeness (QED) is 0.720. The first-order valence-electron chi connectivity index (χ1n) is 4.60. The van der Waals surface area contributed by atoms with Gasteiger partial charge in [0, 0.05) is 6.42 Å². The van der Waals surface area contributed by atoms with Gasteiger partial charge in [-0.2, -0.15) is 5.26 Å². The molecule has 0 bridgehead atoms. The van der Waals surface area contributed by atoms with Crippen molar-refractivity contribution in [1.29, 1.82) is 5.26 Å². The SMILES string of the molecule is CC(C#N)NC1CCCCC1(F)F. The molecule has 0 aromatic rings. The first kappa shape index (κ1) is 10.4. The molecule has 74 valence electrons. The van der Waals surface area contributed by atoms with Crippen LogP contribution in [0.15, 0.2) is 0 Å². The number of nitrogens with zero attached hydrogens (tertiary/aromatic N) is 1. The second kappa shape index (κ2) is 4.01. The van der Waals surface area contributed by atoms with Crippen molar-refractivity contribution in [2.24, 2.45) is 0 Å². The van der Waals surface area contributed by atoms with Crippen molar-refractivity contribution in [2.75, 3.05) is 0 Å². The summed E-state index contributed by atoms with van der Waals surface area (Å²) in [6.45, 7) is 1.60. The van der Waals surface area contributed by atoms with Crippen molar-refractivity contribution in [3.63, 3.8) is 0 Å². The Morgan fingerprint density at radius 1 is 1.54 bits per heavy atom. The molecule has 1 aliphatic carbocycles. The van der Waals surface area contributed by atoms with Crippen LogP contribution in [-0.2, 0) is 0 Å². The molecule has 0 radical (unpaired) electrons. The highest BCUT2D eigenvalue weighted by molar-refractivity contribution is 4.94. The molecule has 2 nitrogen and oxygen atoms in total. The highest BCUT2D eigenvalue weighted by atomic mass is 19.3. The Kier molecular flexibility index (Phi) is 3.21. The molecule has 0 aliphatic heterocycles. The summed E-state index contributed by atoms with van der Waals surface area (Å²) in [5, 5.41) is 11.1. The Labute approximate surface area is 76.9 Å². The van der Waals surface area contributed by atoms with Gasteiger partial charge in [0.2, 0.25) is 0 Å². The number of rotatable bonds is 2. The normalized spacial score (nSPS) is 29.2. The largest absolute Gasteiger partial charge is 0.294 e. The Morgan fingerprint density at radius 3 is 2.77 bits per heavy atom. The third-order valence-electron chi connectivity index (χ3n) is 2.41. The van der Waals surface area contributed by atoms with Gasteiger partial charge in [-0.05, 0) is 19.8 Å². The van der Waals surface area contributed by atoms with E-state index in [1.165, 1.54) is 0 Å². The van der Waals surface area contributed by atoms with Crippen LogP contribution >= 0.6 is 0 Å². The molecule has 4 heteroatoms. The first-order valence-corrected chi connectivity index (χ1v) is 4.60. The van der Waals surface area contributed by atoms with Crippen molar-refractivity contribution < 1.29 is 8.78 Å².